The fourth-order valence-corrected chi connectivity index (χ4v) is 2.74. The summed E-state index contributed by atoms with van der Waals surface area (Å²) < 4.78 is 0. The highest BCUT2D eigenvalue weighted by molar-refractivity contribution is 7.98. The molecule has 0 spiro atoms. The Labute approximate surface area is 156 Å². The van der Waals surface area contributed by atoms with Gasteiger partial charge in [-0.2, -0.15) is 11.8 Å². The smallest absolute Gasteiger partial charge is 0.326 e. The lowest BCUT2D eigenvalue weighted by Crippen LogP contribution is -2.56. The molecule has 0 aliphatic rings. The molecule has 0 radical (unpaired) electrons. The van der Waals surface area contributed by atoms with Crippen molar-refractivity contribution in [2.45, 2.75) is 44.8 Å². The van der Waals surface area contributed by atoms with Crippen molar-refractivity contribution < 1.29 is 19.5 Å². The molecule has 0 aliphatic heterocycles. The first-order valence-corrected chi connectivity index (χ1v) is 9.71. The average Bonchev–Trinajstić information content (AvgIpc) is 3.08. The Morgan fingerprint density at radius 3 is 2.50 bits per heavy atom. The number of nitrogens with one attached hydrogen (secondary N) is 3. The van der Waals surface area contributed by atoms with Crippen molar-refractivity contribution in [2.24, 2.45) is 11.7 Å². The Bertz CT molecular complexity index is 593. The summed E-state index contributed by atoms with van der Waals surface area (Å²) in [5, 5.41) is 14.4. The van der Waals surface area contributed by atoms with Crippen LogP contribution in [0.3, 0.4) is 0 Å². The second-order valence-electron chi connectivity index (χ2n) is 6.30. The van der Waals surface area contributed by atoms with Gasteiger partial charge >= 0.3 is 5.97 Å². The summed E-state index contributed by atoms with van der Waals surface area (Å²) in [7, 11) is 0. The van der Waals surface area contributed by atoms with Crippen LogP contribution >= 0.6 is 11.8 Å². The second kappa shape index (κ2) is 10.8. The SMILES string of the molecule is CSCCC(N)C(=O)NC(Cc1cnc[nH]1)C(=O)NC(C(=O)O)C(C)C. The highest BCUT2D eigenvalue weighted by atomic mass is 32.2. The third-order valence-electron chi connectivity index (χ3n) is 3.81. The number of nitrogens with two attached hydrogens (primary N) is 1. The highest BCUT2D eigenvalue weighted by Gasteiger charge is 2.29. The minimum Gasteiger partial charge on any atom is -0.480 e. The van der Waals surface area contributed by atoms with Gasteiger partial charge in [-0.3, -0.25) is 9.59 Å². The van der Waals surface area contributed by atoms with Crippen LogP contribution in [0, 0.1) is 5.92 Å². The molecule has 0 saturated carbocycles. The van der Waals surface area contributed by atoms with Gasteiger partial charge in [-0.25, -0.2) is 9.78 Å². The number of aromatic amines is 1. The van der Waals surface area contributed by atoms with E-state index in [1.807, 2.05) is 6.26 Å². The molecular weight excluding hydrogens is 358 g/mol. The van der Waals surface area contributed by atoms with Crippen LogP contribution in [0.4, 0.5) is 0 Å². The van der Waals surface area contributed by atoms with Crippen LogP contribution in [0.2, 0.25) is 0 Å². The number of hydrogen-bond acceptors (Lipinski definition) is 6. The molecule has 10 heteroatoms. The molecule has 1 aromatic heterocycles. The summed E-state index contributed by atoms with van der Waals surface area (Å²) in [5.41, 5.74) is 6.49. The normalized spacial score (nSPS) is 14.5. The quantitative estimate of drug-likeness (QED) is 0.352. The molecule has 1 rings (SSSR count). The Kier molecular flexibility index (Phi) is 9.14. The molecule has 146 valence electrons. The fraction of sp³-hybridized carbons (Fsp3) is 0.625. The average molecular weight is 385 g/mol. The maximum atomic E-state index is 12.6. The van der Waals surface area contributed by atoms with Gasteiger partial charge in [0.15, 0.2) is 0 Å². The molecule has 2 amide bonds. The molecule has 6 N–H and O–H groups in total. The summed E-state index contributed by atoms with van der Waals surface area (Å²) in [5.74, 6) is -1.73. The molecule has 26 heavy (non-hydrogen) atoms. The fourth-order valence-electron chi connectivity index (χ4n) is 2.25. The molecule has 9 nitrogen and oxygen atoms in total. The van der Waals surface area contributed by atoms with Crippen LogP contribution in [0.25, 0.3) is 0 Å². The van der Waals surface area contributed by atoms with E-state index in [9.17, 15) is 19.5 Å². The second-order valence-corrected chi connectivity index (χ2v) is 7.28. The number of amides is 2. The molecule has 1 heterocycles. The van der Waals surface area contributed by atoms with Crippen molar-refractivity contribution in [3.8, 4) is 0 Å². The van der Waals surface area contributed by atoms with Crippen LogP contribution in [0.1, 0.15) is 26.0 Å². The lowest BCUT2D eigenvalue weighted by atomic mass is 10.0. The zero-order chi connectivity index (χ0) is 19.7. The van der Waals surface area contributed by atoms with Crippen molar-refractivity contribution in [2.75, 3.05) is 12.0 Å². The third-order valence-corrected chi connectivity index (χ3v) is 4.46. The number of carboxylic acids is 1. The van der Waals surface area contributed by atoms with Gasteiger partial charge in [0.25, 0.3) is 0 Å². The maximum Gasteiger partial charge on any atom is 0.326 e. The third kappa shape index (κ3) is 7.04. The van der Waals surface area contributed by atoms with E-state index in [-0.39, 0.29) is 12.3 Å². The number of H-pyrrole nitrogens is 1. The van der Waals surface area contributed by atoms with Gasteiger partial charge in [0, 0.05) is 18.3 Å². The predicted molar refractivity (Wildman–Crippen MR) is 99.6 cm³/mol. The van der Waals surface area contributed by atoms with Crippen LogP contribution in [-0.2, 0) is 20.8 Å². The van der Waals surface area contributed by atoms with Gasteiger partial charge in [0.05, 0.1) is 12.4 Å². The van der Waals surface area contributed by atoms with Crippen molar-refractivity contribution in [1.82, 2.24) is 20.6 Å². The lowest BCUT2D eigenvalue weighted by Gasteiger charge is -2.24. The van der Waals surface area contributed by atoms with Crippen LogP contribution in [0.15, 0.2) is 12.5 Å². The topological polar surface area (TPSA) is 150 Å². The van der Waals surface area contributed by atoms with Crippen molar-refractivity contribution >= 4 is 29.5 Å². The Hall–Kier alpha value is -2.07. The number of hydrogen-bond donors (Lipinski definition) is 5. The first kappa shape index (κ1) is 22.0. The standard InChI is InChI=1S/C16H27N5O4S/c1-9(2)13(16(24)25)21-15(23)12(6-10-7-18-8-19-10)20-14(22)11(17)4-5-26-3/h7-9,11-13H,4-6,17H2,1-3H3,(H,18,19)(H,20,22)(H,21,23)(H,24,25). The number of rotatable bonds is 11. The monoisotopic (exact) mass is 385 g/mol. The van der Waals surface area contributed by atoms with Crippen molar-refractivity contribution in [1.29, 1.82) is 0 Å². The van der Waals surface area contributed by atoms with Crippen LogP contribution in [0.5, 0.6) is 0 Å². The van der Waals surface area contributed by atoms with E-state index >= 15 is 0 Å². The molecule has 0 aromatic carbocycles. The molecule has 0 fully saturated rings. The van der Waals surface area contributed by atoms with Gasteiger partial charge in [-0.05, 0) is 24.3 Å². The number of nitrogens with zero attached hydrogens (tertiary/aromatic N) is 1. The first-order chi connectivity index (χ1) is 12.3. The van der Waals surface area contributed by atoms with Crippen molar-refractivity contribution in [3.05, 3.63) is 18.2 Å². The molecule has 0 aliphatic carbocycles. The molecular formula is C16H27N5O4S. The van der Waals surface area contributed by atoms with E-state index in [1.54, 1.807) is 25.6 Å². The van der Waals surface area contributed by atoms with E-state index in [0.717, 1.165) is 5.75 Å². The highest BCUT2D eigenvalue weighted by Crippen LogP contribution is 2.06. The number of carbonyl (C=O) groups excluding carboxylic acids is 2. The molecule has 1 aromatic rings. The number of carbonyl (C=O) groups is 3. The lowest BCUT2D eigenvalue weighted by molar-refractivity contribution is -0.143. The number of imidazole rings is 1. The number of aliphatic carboxylic acids is 1. The molecule has 3 atom stereocenters. The van der Waals surface area contributed by atoms with Gasteiger partial charge in [0.2, 0.25) is 11.8 Å². The summed E-state index contributed by atoms with van der Waals surface area (Å²) >= 11 is 1.57. The maximum absolute atomic E-state index is 12.6. The molecule has 3 unspecified atom stereocenters. The Morgan fingerprint density at radius 2 is 2.00 bits per heavy atom. The van der Waals surface area contributed by atoms with E-state index in [1.165, 1.54) is 12.5 Å². The summed E-state index contributed by atoms with van der Waals surface area (Å²) in [6.07, 6.45) is 5.55. The minimum atomic E-state index is -1.13. The zero-order valence-corrected chi connectivity index (χ0v) is 16.0. The Morgan fingerprint density at radius 1 is 1.31 bits per heavy atom. The Balaban J connectivity index is 2.85. The number of aromatic nitrogens is 2. The van der Waals surface area contributed by atoms with Gasteiger partial charge in [-0.1, -0.05) is 13.8 Å². The summed E-state index contributed by atoms with van der Waals surface area (Å²) in [6.45, 7) is 3.39. The van der Waals surface area contributed by atoms with E-state index in [2.05, 4.69) is 20.6 Å². The predicted octanol–water partition coefficient (Wildman–Crippen LogP) is -0.257. The number of thioether (sulfide) groups is 1. The molecule has 0 saturated heterocycles. The first-order valence-electron chi connectivity index (χ1n) is 8.31. The minimum absolute atomic E-state index is 0.150. The van der Waals surface area contributed by atoms with Gasteiger partial charge in [-0.15, -0.1) is 0 Å². The zero-order valence-electron chi connectivity index (χ0n) is 15.2. The van der Waals surface area contributed by atoms with E-state index in [0.29, 0.717) is 12.1 Å². The summed E-state index contributed by atoms with van der Waals surface area (Å²) in [6, 6.07) is -2.74. The van der Waals surface area contributed by atoms with Crippen LogP contribution < -0.4 is 16.4 Å². The van der Waals surface area contributed by atoms with Crippen LogP contribution in [-0.4, -0.2) is 63.0 Å². The van der Waals surface area contributed by atoms with E-state index in [4.69, 9.17) is 5.73 Å². The molecule has 0 bridgehead atoms. The summed E-state index contributed by atoms with van der Waals surface area (Å²) in [4.78, 5) is 42.9. The van der Waals surface area contributed by atoms with Crippen molar-refractivity contribution in [3.63, 3.8) is 0 Å². The van der Waals surface area contributed by atoms with Gasteiger partial charge in [0.1, 0.15) is 12.1 Å². The largest absolute Gasteiger partial charge is 0.480 e. The number of carboxylic acid groups (broad SMARTS) is 1. The van der Waals surface area contributed by atoms with Gasteiger partial charge < -0.3 is 26.5 Å². The van der Waals surface area contributed by atoms with E-state index < -0.39 is 35.9 Å².